The maximum atomic E-state index is 7.00. The summed E-state index contributed by atoms with van der Waals surface area (Å²) in [4.78, 5) is 0. The summed E-state index contributed by atoms with van der Waals surface area (Å²) < 4.78 is 8.06. The second kappa shape index (κ2) is 6.60. The van der Waals surface area contributed by atoms with Crippen molar-refractivity contribution in [2.24, 2.45) is 0 Å². The summed E-state index contributed by atoms with van der Waals surface area (Å²) in [6, 6.07) is 0. The van der Waals surface area contributed by atoms with Gasteiger partial charge in [0.05, 0.1) is 5.76 Å². The van der Waals surface area contributed by atoms with Gasteiger partial charge in [-0.05, 0) is 15.5 Å². The molecule has 0 bridgehead atoms. The number of rotatable bonds is 6. The summed E-state index contributed by atoms with van der Waals surface area (Å²) in [6.45, 7) is 38.0. The van der Waals surface area contributed by atoms with Crippen LogP contribution < -0.4 is 0 Å². The Balaban J connectivity index is 3.90. The average Bonchev–Trinajstić information content (AvgIpc) is 2.61. The molecule has 1 saturated heterocycles. The predicted octanol–water partition coefficient (Wildman–Crippen LogP) is 7.31. The Bertz CT molecular complexity index is 446. The van der Waals surface area contributed by atoms with Gasteiger partial charge in [0.25, 0.3) is 9.04 Å². The molecule has 0 amide bonds. The highest BCUT2D eigenvalue weighted by Gasteiger charge is 2.75. The van der Waals surface area contributed by atoms with Gasteiger partial charge in [0, 0.05) is 32.3 Å². The Labute approximate surface area is 164 Å². The van der Waals surface area contributed by atoms with Crippen LogP contribution in [0.1, 0.15) is 19.8 Å². The maximum Gasteiger partial charge on any atom is 0.282 e. The fraction of sp³-hybridized carbons (Fsp3) is 0.895. The van der Waals surface area contributed by atoms with E-state index in [-0.39, 0.29) is 0 Å². The highest BCUT2D eigenvalue weighted by molar-refractivity contribution is 7.19. The third kappa shape index (κ3) is 3.55. The molecule has 0 N–H and O–H groups in total. The van der Waals surface area contributed by atoms with Gasteiger partial charge < -0.3 is 4.43 Å². The van der Waals surface area contributed by atoms with Crippen molar-refractivity contribution < 1.29 is 4.43 Å². The molecule has 0 saturated carbocycles. The largest absolute Gasteiger partial charge is 0.546 e. The second-order valence-electron chi connectivity index (χ2n) is 12.4. The molecule has 1 nitrogen and oxygen atoms in total. The van der Waals surface area contributed by atoms with Crippen LogP contribution in [0.25, 0.3) is 0 Å². The van der Waals surface area contributed by atoms with Crippen LogP contribution in [0.3, 0.4) is 0 Å². The van der Waals surface area contributed by atoms with E-state index in [2.05, 4.69) is 92.1 Å². The quantitative estimate of drug-likeness (QED) is 0.317. The molecule has 0 aliphatic carbocycles. The number of hydrogen-bond acceptors (Lipinski definition) is 1. The van der Waals surface area contributed by atoms with E-state index in [4.69, 9.17) is 4.43 Å². The van der Waals surface area contributed by atoms with Gasteiger partial charge in [-0.25, -0.2) is 0 Å². The highest BCUT2D eigenvalue weighted by atomic mass is 28.5. The molecule has 147 valence electrons. The topological polar surface area (TPSA) is 9.23 Å². The third-order valence-electron chi connectivity index (χ3n) is 7.05. The first-order valence-electron chi connectivity index (χ1n) is 9.97. The van der Waals surface area contributed by atoms with Gasteiger partial charge in [-0.2, -0.15) is 0 Å². The molecule has 0 spiro atoms. The first kappa shape index (κ1) is 23.7. The van der Waals surface area contributed by atoms with Crippen molar-refractivity contribution in [3.05, 3.63) is 12.3 Å². The standard InChI is InChI=1S/C19H45OSi5/c1-17(2)20-21-18(22(3,4)5,23(6,7)8)15-16-19(21,24(9,10)11)25(12,13)14/h1,15-16H2,2-14H3. The molecule has 0 aromatic heterocycles. The number of allylic oxidation sites excluding steroid dienone is 1. The van der Waals surface area contributed by atoms with Gasteiger partial charge in [-0.15, -0.1) is 0 Å². The average molecular weight is 430 g/mol. The van der Waals surface area contributed by atoms with E-state index in [1.165, 1.54) is 12.8 Å². The molecular formula is C19H45OSi5. The summed E-state index contributed by atoms with van der Waals surface area (Å²) in [7, 11) is -6.59. The van der Waals surface area contributed by atoms with Crippen LogP contribution in [0.4, 0.5) is 0 Å². The van der Waals surface area contributed by atoms with Crippen LogP contribution in [0.5, 0.6) is 0 Å². The van der Waals surface area contributed by atoms with Gasteiger partial charge in [-0.1, -0.05) is 98.0 Å². The molecule has 0 atom stereocenters. The van der Waals surface area contributed by atoms with Crippen LogP contribution in [0.15, 0.2) is 12.3 Å². The maximum absolute atomic E-state index is 7.00. The van der Waals surface area contributed by atoms with E-state index in [0.29, 0.717) is 8.57 Å². The smallest absolute Gasteiger partial charge is 0.282 e. The fourth-order valence-electron chi connectivity index (χ4n) is 6.43. The van der Waals surface area contributed by atoms with Crippen LogP contribution in [-0.2, 0) is 4.43 Å². The van der Waals surface area contributed by atoms with E-state index < -0.39 is 41.3 Å². The lowest BCUT2D eigenvalue weighted by molar-refractivity contribution is 0.424. The summed E-state index contributed by atoms with van der Waals surface area (Å²) >= 11 is 0. The van der Waals surface area contributed by atoms with Crippen molar-refractivity contribution in [3.8, 4) is 0 Å². The van der Waals surface area contributed by atoms with Gasteiger partial charge in [0.15, 0.2) is 0 Å². The van der Waals surface area contributed by atoms with E-state index in [1.807, 2.05) is 0 Å². The molecule has 1 rings (SSSR count). The van der Waals surface area contributed by atoms with E-state index in [0.717, 1.165) is 5.76 Å². The zero-order chi connectivity index (χ0) is 20.3. The van der Waals surface area contributed by atoms with Crippen molar-refractivity contribution in [2.75, 3.05) is 0 Å². The first-order valence-corrected chi connectivity index (χ1v) is 25.4. The van der Waals surface area contributed by atoms with E-state index in [9.17, 15) is 0 Å². The van der Waals surface area contributed by atoms with Crippen molar-refractivity contribution >= 4 is 41.3 Å². The lowest BCUT2D eigenvalue weighted by Crippen LogP contribution is -2.69. The molecule has 6 heteroatoms. The molecule has 1 aliphatic heterocycles. The molecule has 1 fully saturated rings. The lowest BCUT2D eigenvalue weighted by atomic mass is 10.4. The Morgan fingerprint density at radius 3 is 1.08 bits per heavy atom. The van der Waals surface area contributed by atoms with Crippen molar-refractivity contribution in [1.82, 2.24) is 0 Å². The Morgan fingerprint density at radius 1 is 0.680 bits per heavy atom. The van der Waals surface area contributed by atoms with Gasteiger partial charge in [0.2, 0.25) is 0 Å². The number of hydrogen-bond donors (Lipinski definition) is 0. The minimum atomic E-state index is -1.40. The normalized spacial score (nSPS) is 22.1. The highest BCUT2D eigenvalue weighted by Crippen LogP contribution is 2.71. The van der Waals surface area contributed by atoms with Crippen molar-refractivity contribution in [2.45, 2.75) is 107 Å². The second-order valence-corrected chi connectivity index (χ2v) is 39.4. The van der Waals surface area contributed by atoms with Crippen molar-refractivity contribution in [3.63, 3.8) is 0 Å². The minimum Gasteiger partial charge on any atom is -0.546 e. The molecule has 1 aliphatic rings. The molecule has 0 aromatic rings. The summed E-state index contributed by atoms with van der Waals surface area (Å²) in [5.41, 5.74) is 0. The van der Waals surface area contributed by atoms with Gasteiger partial charge in [0.1, 0.15) is 0 Å². The molecule has 1 radical (unpaired) electrons. The van der Waals surface area contributed by atoms with Crippen LogP contribution in [0.2, 0.25) is 87.1 Å². The summed E-state index contributed by atoms with van der Waals surface area (Å²) in [5, 5.41) is 0. The van der Waals surface area contributed by atoms with Gasteiger partial charge >= 0.3 is 0 Å². The van der Waals surface area contributed by atoms with Gasteiger partial charge in [-0.3, -0.25) is 0 Å². The Hall–Kier alpha value is 0.624. The fourth-order valence-corrected chi connectivity index (χ4v) is 45.6. The zero-order valence-corrected chi connectivity index (χ0v) is 24.5. The SMILES string of the molecule is C=C(C)O[Si]1C([Si](C)(C)C)([Si](C)(C)C)CCC1([Si](C)(C)C)[Si](C)(C)C. The van der Waals surface area contributed by atoms with Crippen LogP contribution in [-0.4, -0.2) is 41.3 Å². The van der Waals surface area contributed by atoms with E-state index >= 15 is 0 Å². The first-order chi connectivity index (χ1) is 10.8. The van der Waals surface area contributed by atoms with E-state index in [1.54, 1.807) is 0 Å². The van der Waals surface area contributed by atoms with Crippen LogP contribution >= 0.6 is 0 Å². The zero-order valence-electron chi connectivity index (χ0n) is 19.5. The Morgan fingerprint density at radius 2 is 0.920 bits per heavy atom. The molecule has 0 aromatic carbocycles. The molecule has 1 heterocycles. The predicted molar refractivity (Wildman–Crippen MR) is 130 cm³/mol. The van der Waals surface area contributed by atoms with Crippen LogP contribution in [0, 0.1) is 0 Å². The summed E-state index contributed by atoms with van der Waals surface area (Å²) in [6.07, 6.45) is 2.88. The minimum absolute atomic E-state index is 0.532. The molecule has 0 unspecified atom stereocenters. The lowest BCUT2D eigenvalue weighted by Gasteiger charge is -2.58. The molecular weight excluding hydrogens is 385 g/mol. The molecule has 25 heavy (non-hydrogen) atoms. The Kier molecular flexibility index (Phi) is 6.25. The third-order valence-corrected chi connectivity index (χ3v) is 41.6. The van der Waals surface area contributed by atoms with Crippen molar-refractivity contribution in [1.29, 1.82) is 0 Å². The monoisotopic (exact) mass is 429 g/mol. The summed E-state index contributed by atoms with van der Waals surface area (Å²) in [5.74, 6) is 0.984.